The third kappa shape index (κ3) is 7.19. The number of nitrogen functional groups attached to an aromatic ring is 1. The van der Waals surface area contributed by atoms with Gasteiger partial charge in [0.25, 0.3) is 0 Å². The van der Waals surface area contributed by atoms with Crippen LogP contribution in [0.3, 0.4) is 0 Å². The summed E-state index contributed by atoms with van der Waals surface area (Å²) in [7, 11) is 0. The van der Waals surface area contributed by atoms with Crippen LogP contribution in [0.25, 0.3) is 11.3 Å². The molecule has 0 spiro atoms. The summed E-state index contributed by atoms with van der Waals surface area (Å²) in [6.07, 6.45) is 5.40. The van der Waals surface area contributed by atoms with Crippen molar-refractivity contribution in [1.82, 2.24) is 15.2 Å². The van der Waals surface area contributed by atoms with E-state index in [0.717, 1.165) is 63.0 Å². The number of amides is 1. The highest BCUT2D eigenvalue weighted by atomic mass is 35.5. The number of nitrogens with one attached hydrogen (secondary N) is 1. The number of thiazole rings is 1. The lowest BCUT2D eigenvalue weighted by Gasteiger charge is -2.32. The van der Waals surface area contributed by atoms with Crippen molar-refractivity contribution in [3.05, 3.63) is 69.0 Å². The van der Waals surface area contributed by atoms with Crippen molar-refractivity contribution in [1.29, 1.82) is 0 Å². The lowest BCUT2D eigenvalue weighted by atomic mass is 10.0. The number of carbonyl (C=O) groups excluding carboxylic acids is 1. The maximum absolute atomic E-state index is 12.4. The van der Waals surface area contributed by atoms with Crippen molar-refractivity contribution >= 4 is 45.6 Å². The van der Waals surface area contributed by atoms with Gasteiger partial charge in [-0.05, 0) is 55.4 Å². The molecule has 34 heavy (non-hydrogen) atoms. The zero-order valence-corrected chi connectivity index (χ0v) is 21.4. The Morgan fingerprint density at radius 3 is 2.47 bits per heavy atom. The van der Waals surface area contributed by atoms with Crippen molar-refractivity contribution in [3.63, 3.8) is 0 Å². The number of halogens is 2. The fourth-order valence-electron chi connectivity index (χ4n) is 4.31. The number of aromatic nitrogens is 1. The van der Waals surface area contributed by atoms with Gasteiger partial charge in [-0.15, -0.1) is 11.3 Å². The van der Waals surface area contributed by atoms with E-state index in [0.29, 0.717) is 21.6 Å². The number of aryl methyl sites for hydroxylation is 1. The Hall–Kier alpha value is -2.12. The number of piperidine rings is 1. The van der Waals surface area contributed by atoms with Gasteiger partial charge in [-0.3, -0.25) is 9.69 Å². The third-order valence-electron chi connectivity index (χ3n) is 6.23. The van der Waals surface area contributed by atoms with Crippen molar-refractivity contribution in [3.8, 4) is 11.3 Å². The molecule has 3 aromatic rings. The van der Waals surface area contributed by atoms with Crippen molar-refractivity contribution in [2.75, 3.05) is 18.8 Å². The van der Waals surface area contributed by atoms with Gasteiger partial charge >= 0.3 is 0 Å². The Balaban J connectivity index is 1.11. The molecular weight excluding hydrogens is 487 g/mol. The van der Waals surface area contributed by atoms with Gasteiger partial charge in [0.1, 0.15) is 0 Å². The average Bonchev–Trinajstić information content (AvgIpc) is 3.27. The average molecular weight is 518 g/mol. The quantitative estimate of drug-likeness (QED) is 0.332. The molecule has 1 aliphatic rings. The molecule has 1 amide bonds. The van der Waals surface area contributed by atoms with E-state index in [1.54, 1.807) is 0 Å². The molecule has 5 nitrogen and oxygen atoms in total. The molecule has 0 bridgehead atoms. The van der Waals surface area contributed by atoms with Crippen LogP contribution in [0.1, 0.15) is 43.2 Å². The van der Waals surface area contributed by atoms with Gasteiger partial charge < -0.3 is 11.1 Å². The normalized spacial score (nSPS) is 14.9. The first-order valence-electron chi connectivity index (χ1n) is 11.7. The molecule has 180 valence electrons. The number of hydrogen-bond donors (Lipinski definition) is 2. The topological polar surface area (TPSA) is 71.2 Å². The minimum absolute atomic E-state index is 0.166. The van der Waals surface area contributed by atoms with E-state index in [9.17, 15) is 4.79 Å². The van der Waals surface area contributed by atoms with Gasteiger partial charge in [0.15, 0.2) is 5.13 Å². The predicted molar refractivity (Wildman–Crippen MR) is 142 cm³/mol. The summed E-state index contributed by atoms with van der Waals surface area (Å²) >= 11 is 13.6. The second kappa shape index (κ2) is 12.0. The zero-order valence-electron chi connectivity index (χ0n) is 19.1. The molecule has 1 saturated heterocycles. The highest BCUT2D eigenvalue weighted by Crippen LogP contribution is 2.25. The van der Waals surface area contributed by atoms with Crippen LogP contribution in [-0.4, -0.2) is 34.9 Å². The molecule has 8 heteroatoms. The second-order valence-electron chi connectivity index (χ2n) is 8.84. The summed E-state index contributed by atoms with van der Waals surface area (Å²) < 4.78 is 0. The molecule has 0 unspecified atom stereocenters. The minimum Gasteiger partial charge on any atom is -0.375 e. The molecule has 2 heterocycles. The zero-order chi connectivity index (χ0) is 23.9. The molecule has 2 aromatic carbocycles. The predicted octanol–water partition coefficient (Wildman–Crippen LogP) is 6.19. The van der Waals surface area contributed by atoms with Crippen molar-refractivity contribution in [2.45, 2.75) is 51.1 Å². The number of likely N-dealkylation sites (tertiary alicyclic amines) is 1. The van der Waals surface area contributed by atoms with E-state index in [4.69, 9.17) is 28.9 Å². The van der Waals surface area contributed by atoms with Crippen LogP contribution in [0.2, 0.25) is 10.0 Å². The summed E-state index contributed by atoms with van der Waals surface area (Å²) in [4.78, 5) is 19.1. The number of anilines is 1. The molecule has 0 atom stereocenters. The van der Waals surface area contributed by atoms with Crippen LogP contribution in [0, 0.1) is 0 Å². The minimum atomic E-state index is 0.166. The largest absolute Gasteiger partial charge is 0.375 e. The van der Waals surface area contributed by atoms with E-state index in [-0.39, 0.29) is 11.9 Å². The Kier molecular flexibility index (Phi) is 8.84. The van der Waals surface area contributed by atoms with Gasteiger partial charge in [0.2, 0.25) is 5.91 Å². The molecule has 1 aromatic heterocycles. The molecule has 3 N–H and O–H groups in total. The molecule has 1 fully saturated rings. The van der Waals surface area contributed by atoms with Crippen LogP contribution in [-0.2, 0) is 17.8 Å². The van der Waals surface area contributed by atoms with Gasteiger partial charge in [0.05, 0.1) is 15.7 Å². The lowest BCUT2D eigenvalue weighted by Crippen LogP contribution is -2.44. The maximum Gasteiger partial charge on any atom is 0.220 e. The maximum atomic E-state index is 12.4. The van der Waals surface area contributed by atoms with Gasteiger partial charge in [-0.2, -0.15) is 0 Å². The van der Waals surface area contributed by atoms with Crippen LogP contribution in [0.5, 0.6) is 0 Å². The summed E-state index contributed by atoms with van der Waals surface area (Å²) in [5, 5.41) is 6.97. The standard InChI is InChI=1S/C26H30Cl2N4OS/c27-22-10-7-19(15-23(22)28)16-32-13-11-21(12-14-32)30-25(33)4-2-1-3-18-5-8-20(9-6-18)24-17-34-26(29)31-24/h5-10,15,17,21H,1-4,11-14,16H2,(H2,29,31)(H,30,33). The smallest absolute Gasteiger partial charge is 0.220 e. The summed E-state index contributed by atoms with van der Waals surface area (Å²) in [5.41, 5.74) is 10.2. The van der Waals surface area contributed by atoms with Gasteiger partial charge in [-0.1, -0.05) is 53.5 Å². The molecule has 0 radical (unpaired) electrons. The second-order valence-corrected chi connectivity index (χ2v) is 10.5. The number of carbonyl (C=O) groups is 1. The molecule has 0 aliphatic carbocycles. The molecular formula is C26H30Cl2N4OS. The Bertz CT molecular complexity index is 1090. The number of rotatable bonds is 9. The number of nitrogens with zero attached hydrogens (tertiary/aromatic N) is 2. The van der Waals surface area contributed by atoms with Crippen LogP contribution < -0.4 is 11.1 Å². The SMILES string of the molecule is Nc1nc(-c2ccc(CCCCC(=O)NC3CCN(Cc4ccc(Cl)c(Cl)c4)CC3)cc2)cs1. The molecule has 0 saturated carbocycles. The van der Waals surface area contributed by atoms with Gasteiger partial charge in [-0.25, -0.2) is 4.98 Å². The Morgan fingerprint density at radius 2 is 1.79 bits per heavy atom. The van der Waals surface area contributed by atoms with Crippen LogP contribution >= 0.6 is 34.5 Å². The first kappa shape index (κ1) is 25.0. The summed E-state index contributed by atoms with van der Waals surface area (Å²) in [5.74, 6) is 0.166. The number of hydrogen-bond acceptors (Lipinski definition) is 5. The van der Waals surface area contributed by atoms with E-state index >= 15 is 0 Å². The number of nitrogens with two attached hydrogens (primary N) is 1. The van der Waals surface area contributed by atoms with Crippen molar-refractivity contribution in [2.24, 2.45) is 0 Å². The van der Waals surface area contributed by atoms with E-state index in [1.165, 1.54) is 22.5 Å². The van der Waals surface area contributed by atoms with Crippen LogP contribution in [0.15, 0.2) is 47.8 Å². The lowest BCUT2D eigenvalue weighted by molar-refractivity contribution is -0.122. The molecule has 4 rings (SSSR count). The van der Waals surface area contributed by atoms with Gasteiger partial charge in [0, 0.05) is 43.0 Å². The Labute approximate surface area is 215 Å². The number of benzene rings is 2. The number of unbranched alkanes of at least 4 members (excludes halogenated alkanes) is 1. The van der Waals surface area contributed by atoms with Crippen LogP contribution in [0.4, 0.5) is 5.13 Å². The highest BCUT2D eigenvalue weighted by molar-refractivity contribution is 7.13. The Morgan fingerprint density at radius 1 is 1.06 bits per heavy atom. The van der Waals surface area contributed by atoms with E-state index < -0.39 is 0 Å². The monoisotopic (exact) mass is 516 g/mol. The summed E-state index contributed by atoms with van der Waals surface area (Å²) in [6, 6.07) is 14.5. The van der Waals surface area contributed by atoms with E-state index in [1.807, 2.05) is 23.6 Å². The summed E-state index contributed by atoms with van der Waals surface area (Å²) in [6.45, 7) is 2.79. The van der Waals surface area contributed by atoms with Crippen molar-refractivity contribution < 1.29 is 4.79 Å². The fourth-order valence-corrected chi connectivity index (χ4v) is 5.20. The third-order valence-corrected chi connectivity index (χ3v) is 7.65. The van der Waals surface area contributed by atoms with E-state index in [2.05, 4.69) is 39.5 Å². The molecule has 1 aliphatic heterocycles. The fraction of sp³-hybridized carbons (Fsp3) is 0.385. The first-order valence-corrected chi connectivity index (χ1v) is 13.4. The first-order chi connectivity index (χ1) is 16.5. The highest BCUT2D eigenvalue weighted by Gasteiger charge is 2.20.